The minimum Gasteiger partial charge on any atom is -0.468 e. The molecule has 0 N–H and O–H groups in total. The van der Waals surface area contributed by atoms with Gasteiger partial charge in [0.05, 0.1) is 7.11 Å². The van der Waals surface area contributed by atoms with Crippen LogP contribution in [0.15, 0.2) is 48.5 Å². The smallest absolute Gasteiger partial charge is 0.325 e. The van der Waals surface area contributed by atoms with Crippen molar-refractivity contribution < 1.29 is 14.3 Å². The summed E-state index contributed by atoms with van der Waals surface area (Å²) < 4.78 is 5.73. The lowest BCUT2D eigenvalue weighted by Crippen LogP contribution is -2.35. The third kappa shape index (κ3) is 5.21. The Labute approximate surface area is 153 Å². The van der Waals surface area contributed by atoms with Crippen LogP contribution >= 0.6 is 34.2 Å². The number of methoxy groups -OCH3 is 1. The molecular weight excluding hydrogens is 429 g/mol. The van der Waals surface area contributed by atoms with E-state index in [0.717, 1.165) is 9.13 Å². The summed E-state index contributed by atoms with van der Waals surface area (Å²) in [6.07, 6.45) is 0. The molecule has 4 nitrogen and oxygen atoms in total. The Morgan fingerprint density at radius 2 is 1.70 bits per heavy atom. The van der Waals surface area contributed by atoms with Crippen molar-refractivity contribution >= 4 is 46.1 Å². The number of ether oxygens (including phenoxy) is 1. The number of amides is 1. The number of halogens is 2. The fourth-order valence-corrected chi connectivity index (χ4v) is 2.49. The average Bonchev–Trinajstić information content (AvgIpc) is 2.56. The highest BCUT2D eigenvalue weighted by atomic mass is 127. The maximum Gasteiger partial charge on any atom is 0.325 e. The van der Waals surface area contributed by atoms with Crippen molar-refractivity contribution in [2.75, 3.05) is 13.7 Å². The molecule has 2 rings (SSSR count). The molecule has 0 fully saturated rings. The molecule has 2 aromatic carbocycles. The van der Waals surface area contributed by atoms with Gasteiger partial charge in [-0.25, -0.2) is 0 Å². The van der Waals surface area contributed by atoms with E-state index in [1.165, 1.54) is 12.0 Å². The monoisotopic (exact) mass is 443 g/mol. The number of carbonyl (C=O) groups is 2. The first-order chi connectivity index (χ1) is 11.0. The van der Waals surface area contributed by atoms with Crippen LogP contribution in [-0.4, -0.2) is 30.4 Å². The maximum atomic E-state index is 12.7. The number of nitrogens with zero attached hydrogens (tertiary/aromatic N) is 1. The largest absolute Gasteiger partial charge is 0.468 e. The Bertz CT molecular complexity index is 686. The van der Waals surface area contributed by atoms with E-state index in [4.69, 9.17) is 11.6 Å². The number of esters is 1. The summed E-state index contributed by atoms with van der Waals surface area (Å²) in [6.45, 7) is 0.195. The summed E-state index contributed by atoms with van der Waals surface area (Å²) in [7, 11) is 1.30. The number of carbonyl (C=O) groups excluding carboxylic acids is 2. The maximum absolute atomic E-state index is 12.7. The SMILES string of the molecule is COC(=O)CN(Cc1ccc(Cl)cc1)C(=O)c1ccc(I)cc1. The van der Waals surface area contributed by atoms with Crippen molar-refractivity contribution in [3.63, 3.8) is 0 Å². The molecule has 1 amide bonds. The van der Waals surface area contributed by atoms with Crippen molar-refractivity contribution in [3.8, 4) is 0 Å². The van der Waals surface area contributed by atoms with Gasteiger partial charge in [-0.15, -0.1) is 0 Å². The van der Waals surface area contributed by atoms with Gasteiger partial charge in [-0.1, -0.05) is 23.7 Å². The molecule has 0 atom stereocenters. The van der Waals surface area contributed by atoms with Crippen LogP contribution in [0.1, 0.15) is 15.9 Å². The molecule has 0 bridgehead atoms. The molecular formula is C17H15ClINO3. The summed E-state index contributed by atoms with van der Waals surface area (Å²) in [4.78, 5) is 25.7. The zero-order chi connectivity index (χ0) is 16.8. The van der Waals surface area contributed by atoms with E-state index in [2.05, 4.69) is 27.3 Å². The van der Waals surface area contributed by atoms with Gasteiger partial charge in [0.15, 0.2) is 0 Å². The van der Waals surface area contributed by atoms with Gasteiger partial charge in [0.25, 0.3) is 5.91 Å². The first-order valence-corrected chi connectivity index (χ1v) is 8.31. The number of rotatable bonds is 5. The van der Waals surface area contributed by atoms with Gasteiger partial charge >= 0.3 is 5.97 Å². The highest BCUT2D eigenvalue weighted by Crippen LogP contribution is 2.15. The first kappa shape index (κ1) is 17.7. The molecule has 0 aromatic heterocycles. The van der Waals surface area contributed by atoms with E-state index >= 15 is 0 Å². The number of hydrogen-bond acceptors (Lipinski definition) is 3. The second kappa shape index (κ2) is 8.31. The quantitative estimate of drug-likeness (QED) is 0.522. The molecule has 0 saturated heterocycles. The van der Waals surface area contributed by atoms with Gasteiger partial charge in [0, 0.05) is 20.7 Å². The Morgan fingerprint density at radius 1 is 1.09 bits per heavy atom. The highest BCUT2D eigenvalue weighted by Gasteiger charge is 2.19. The third-order valence-electron chi connectivity index (χ3n) is 3.21. The Kier molecular flexibility index (Phi) is 6.41. The number of hydrogen-bond donors (Lipinski definition) is 0. The van der Waals surface area contributed by atoms with E-state index in [1.54, 1.807) is 24.3 Å². The van der Waals surface area contributed by atoms with Gasteiger partial charge in [0.2, 0.25) is 0 Å². The summed E-state index contributed by atoms with van der Waals surface area (Å²) in [6, 6.07) is 14.4. The molecule has 0 saturated carbocycles. The molecule has 0 spiro atoms. The molecule has 6 heteroatoms. The van der Waals surface area contributed by atoms with Crippen molar-refractivity contribution in [2.45, 2.75) is 6.54 Å². The van der Waals surface area contributed by atoms with E-state index in [1.807, 2.05) is 24.3 Å². The van der Waals surface area contributed by atoms with Crippen LogP contribution in [-0.2, 0) is 16.1 Å². The molecule has 23 heavy (non-hydrogen) atoms. The van der Waals surface area contributed by atoms with Gasteiger partial charge in [-0.05, 0) is 64.6 Å². The topological polar surface area (TPSA) is 46.6 Å². The average molecular weight is 444 g/mol. The summed E-state index contributed by atoms with van der Waals surface area (Å²) in [5, 5.41) is 0.622. The second-order valence-corrected chi connectivity index (χ2v) is 6.55. The lowest BCUT2D eigenvalue weighted by atomic mass is 10.1. The van der Waals surface area contributed by atoms with E-state index in [9.17, 15) is 9.59 Å². The predicted molar refractivity (Wildman–Crippen MR) is 97.4 cm³/mol. The molecule has 0 aliphatic rings. The van der Waals surface area contributed by atoms with Gasteiger partial charge < -0.3 is 9.64 Å². The van der Waals surface area contributed by atoms with E-state index in [0.29, 0.717) is 17.1 Å². The third-order valence-corrected chi connectivity index (χ3v) is 4.18. The molecule has 120 valence electrons. The van der Waals surface area contributed by atoms with Crippen LogP contribution in [0.25, 0.3) is 0 Å². The molecule has 0 unspecified atom stereocenters. The van der Waals surface area contributed by atoms with E-state index in [-0.39, 0.29) is 12.5 Å². The Hall–Kier alpha value is -1.60. The normalized spacial score (nSPS) is 10.2. The van der Waals surface area contributed by atoms with E-state index < -0.39 is 5.97 Å². The minimum absolute atomic E-state index is 0.107. The van der Waals surface area contributed by atoms with Crippen LogP contribution in [0.5, 0.6) is 0 Å². The lowest BCUT2D eigenvalue weighted by molar-refractivity contribution is -0.141. The van der Waals surface area contributed by atoms with Gasteiger partial charge in [0.1, 0.15) is 6.54 Å². The standard InChI is InChI=1S/C17H15ClINO3/c1-23-16(21)11-20(10-12-2-6-14(18)7-3-12)17(22)13-4-8-15(19)9-5-13/h2-9H,10-11H2,1H3. The predicted octanol–water partition coefficient (Wildman–Crippen LogP) is 3.76. The zero-order valence-electron chi connectivity index (χ0n) is 12.5. The molecule has 0 heterocycles. The summed E-state index contributed by atoms with van der Waals surface area (Å²) >= 11 is 8.05. The van der Waals surface area contributed by atoms with Crippen LogP contribution in [0.2, 0.25) is 5.02 Å². The van der Waals surface area contributed by atoms with Crippen molar-refractivity contribution in [2.24, 2.45) is 0 Å². The van der Waals surface area contributed by atoms with Crippen LogP contribution in [0.4, 0.5) is 0 Å². The zero-order valence-corrected chi connectivity index (χ0v) is 15.4. The molecule has 2 aromatic rings. The van der Waals surface area contributed by atoms with Crippen molar-refractivity contribution in [1.29, 1.82) is 0 Å². The van der Waals surface area contributed by atoms with Gasteiger partial charge in [-0.2, -0.15) is 0 Å². The van der Waals surface area contributed by atoms with Crippen LogP contribution < -0.4 is 0 Å². The molecule has 0 aliphatic carbocycles. The fraction of sp³-hybridized carbons (Fsp3) is 0.176. The fourth-order valence-electron chi connectivity index (χ4n) is 2.01. The summed E-state index contributed by atoms with van der Waals surface area (Å²) in [5.41, 5.74) is 1.42. The summed E-state index contributed by atoms with van der Waals surface area (Å²) in [5.74, 6) is -0.681. The lowest BCUT2D eigenvalue weighted by Gasteiger charge is -2.22. The Morgan fingerprint density at radius 3 is 2.26 bits per heavy atom. The number of benzene rings is 2. The van der Waals surface area contributed by atoms with Crippen molar-refractivity contribution in [3.05, 3.63) is 68.3 Å². The van der Waals surface area contributed by atoms with Crippen molar-refractivity contribution in [1.82, 2.24) is 4.90 Å². The first-order valence-electron chi connectivity index (χ1n) is 6.85. The minimum atomic E-state index is -0.460. The second-order valence-electron chi connectivity index (χ2n) is 4.87. The molecule has 0 radical (unpaired) electrons. The Balaban J connectivity index is 2.22. The molecule has 0 aliphatic heterocycles. The van der Waals surface area contributed by atoms with Crippen LogP contribution in [0, 0.1) is 3.57 Å². The highest BCUT2D eigenvalue weighted by molar-refractivity contribution is 14.1. The van der Waals surface area contributed by atoms with Gasteiger partial charge in [-0.3, -0.25) is 9.59 Å². The van der Waals surface area contributed by atoms with Crippen LogP contribution in [0.3, 0.4) is 0 Å².